The summed E-state index contributed by atoms with van der Waals surface area (Å²) in [6, 6.07) is 16.6. The standard InChI is InChI=1S/C19H20N2/c1-12-8-13(2)10-15(9-12)19(20)18-11-14(3)16-6-4-5-7-17(16)21-18/h4-11,19H,20H2,1-3H3. The summed E-state index contributed by atoms with van der Waals surface area (Å²) in [7, 11) is 0. The predicted octanol–water partition coefficient (Wildman–Crippen LogP) is 4.21. The number of fused-ring (bicyclic) bond motifs is 1. The van der Waals surface area contributed by atoms with E-state index in [-0.39, 0.29) is 6.04 Å². The maximum Gasteiger partial charge on any atom is 0.0726 e. The van der Waals surface area contributed by atoms with Crippen molar-refractivity contribution in [3.8, 4) is 0 Å². The molecule has 0 amide bonds. The zero-order valence-electron chi connectivity index (χ0n) is 12.7. The Balaban J connectivity index is 2.11. The molecule has 0 bridgehead atoms. The third-order valence-corrected chi connectivity index (χ3v) is 3.86. The molecule has 1 aromatic heterocycles. The summed E-state index contributed by atoms with van der Waals surface area (Å²) in [5.41, 5.74) is 13.2. The molecule has 21 heavy (non-hydrogen) atoms. The Labute approximate surface area is 125 Å². The number of para-hydroxylation sites is 1. The van der Waals surface area contributed by atoms with Crippen molar-refractivity contribution in [3.63, 3.8) is 0 Å². The van der Waals surface area contributed by atoms with Gasteiger partial charge in [0.2, 0.25) is 0 Å². The maximum absolute atomic E-state index is 6.45. The largest absolute Gasteiger partial charge is 0.319 e. The monoisotopic (exact) mass is 276 g/mol. The van der Waals surface area contributed by atoms with E-state index < -0.39 is 0 Å². The molecule has 2 aromatic carbocycles. The lowest BCUT2D eigenvalue weighted by Crippen LogP contribution is -2.14. The maximum atomic E-state index is 6.45. The van der Waals surface area contributed by atoms with E-state index in [1.54, 1.807) is 0 Å². The van der Waals surface area contributed by atoms with Gasteiger partial charge in [0, 0.05) is 5.39 Å². The van der Waals surface area contributed by atoms with Crippen LogP contribution in [0.25, 0.3) is 10.9 Å². The van der Waals surface area contributed by atoms with Gasteiger partial charge in [-0.2, -0.15) is 0 Å². The third kappa shape index (κ3) is 2.67. The molecule has 106 valence electrons. The van der Waals surface area contributed by atoms with Gasteiger partial charge >= 0.3 is 0 Å². The first kappa shape index (κ1) is 13.8. The van der Waals surface area contributed by atoms with Crippen LogP contribution in [-0.2, 0) is 0 Å². The second-order valence-electron chi connectivity index (χ2n) is 5.78. The number of pyridine rings is 1. The van der Waals surface area contributed by atoms with Crippen molar-refractivity contribution in [2.24, 2.45) is 5.73 Å². The summed E-state index contributed by atoms with van der Waals surface area (Å²) in [5, 5.41) is 1.19. The highest BCUT2D eigenvalue weighted by Gasteiger charge is 2.13. The smallest absolute Gasteiger partial charge is 0.0726 e. The van der Waals surface area contributed by atoms with Crippen LogP contribution in [-0.4, -0.2) is 4.98 Å². The van der Waals surface area contributed by atoms with Crippen LogP contribution in [0.4, 0.5) is 0 Å². The molecule has 0 saturated heterocycles. The molecule has 0 aliphatic rings. The molecular formula is C19H20N2. The van der Waals surface area contributed by atoms with Crippen molar-refractivity contribution in [1.82, 2.24) is 4.98 Å². The van der Waals surface area contributed by atoms with Crippen LogP contribution in [0.3, 0.4) is 0 Å². The van der Waals surface area contributed by atoms with Crippen molar-refractivity contribution < 1.29 is 0 Å². The van der Waals surface area contributed by atoms with E-state index in [0.717, 1.165) is 16.8 Å². The average molecular weight is 276 g/mol. The van der Waals surface area contributed by atoms with Crippen LogP contribution < -0.4 is 5.73 Å². The highest BCUT2D eigenvalue weighted by Crippen LogP contribution is 2.25. The molecule has 2 N–H and O–H groups in total. The van der Waals surface area contributed by atoms with Gasteiger partial charge in [0.25, 0.3) is 0 Å². The molecule has 3 aromatic rings. The van der Waals surface area contributed by atoms with Gasteiger partial charge in [-0.1, -0.05) is 47.5 Å². The first-order chi connectivity index (χ1) is 10.0. The third-order valence-electron chi connectivity index (χ3n) is 3.86. The fourth-order valence-electron chi connectivity index (χ4n) is 2.90. The Morgan fingerprint density at radius 3 is 2.29 bits per heavy atom. The lowest BCUT2D eigenvalue weighted by molar-refractivity contribution is 0.831. The number of hydrogen-bond acceptors (Lipinski definition) is 2. The number of rotatable bonds is 2. The minimum atomic E-state index is -0.188. The fourth-order valence-corrected chi connectivity index (χ4v) is 2.90. The van der Waals surface area contributed by atoms with E-state index in [0.29, 0.717) is 0 Å². The van der Waals surface area contributed by atoms with Gasteiger partial charge in [0.05, 0.1) is 17.3 Å². The second kappa shape index (κ2) is 5.30. The average Bonchev–Trinajstić information content (AvgIpc) is 2.45. The van der Waals surface area contributed by atoms with Gasteiger partial charge in [-0.3, -0.25) is 4.98 Å². The van der Waals surface area contributed by atoms with Crippen molar-refractivity contribution >= 4 is 10.9 Å². The minimum Gasteiger partial charge on any atom is -0.319 e. The molecule has 2 heteroatoms. The van der Waals surface area contributed by atoms with Gasteiger partial charge in [-0.15, -0.1) is 0 Å². The Kier molecular flexibility index (Phi) is 3.48. The molecule has 3 rings (SSSR count). The number of hydrogen-bond donors (Lipinski definition) is 1. The van der Waals surface area contributed by atoms with Gasteiger partial charge in [-0.25, -0.2) is 0 Å². The van der Waals surface area contributed by atoms with Gasteiger partial charge in [0.1, 0.15) is 0 Å². The highest BCUT2D eigenvalue weighted by molar-refractivity contribution is 5.82. The van der Waals surface area contributed by atoms with Crippen molar-refractivity contribution in [2.75, 3.05) is 0 Å². The molecule has 0 aliphatic heterocycles. The molecule has 2 nitrogen and oxygen atoms in total. The summed E-state index contributed by atoms with van der Waals surface area (Å²) in [6.07, 6.45) is 0. The lowest BCUT2D eigenvalue weighted by Gasteiger charge is -2.15. The molecule has 0 aliphatic carbocycles. The molecular weight excluding hydrogens is 256 g/mol. The molecule has 0 saturated carbocycles. The van der Waals surface area contributed by atoms with Gasteiger partial charge in [0.15, 0.2) is 0 Å². The molecule has 0 radical (unpaired) electrons. The van der Waals surface area contributed by atoms with Crippen LogP contribution in [0.15, 0.2) is 48.5 Å². The minimum absolute atomic E-state index is 0.188. The number of aromatic nitrogens is 1. The number of nitrogens with two attached hydrogens (primary N) is 1. The predicted molar refractivity (Wildman–Crippen MR) is 88.4 cm³/mol. The summed E-state index contributed by atoms with van der Waals surface area (Å²) in [4.78, 5) is 4.75. The van der Waals surface area contributed by atoms with E-state index in [4.69, 9.17) is 10.7 Å². The molecule has 0 spiro atoms. The van der Waals surface area contributed by atoms with Crippen molar-refractivity contribution in [1.29, 1.82) is 0 Å². The zero-order valence-corrected chi connectivity index (χ0v) is 12.7. The van der Waals surface area contributed by atoms with Crippen molar-refractivity contribution in [3.05, 3.63) is 76.5 Å². The van der Waals surface area contributed by atoms with Gasteiger partial charge in [-0.05, 0) is 44.0 Å². The Bertz CT molecular complexity index is 786. The normalized spacial score (nSPS) is 12.6. The summed E-state index contributed by atoms with van der Waals surface area (Å²) >= 11 is 0. The molecule has 0 fully saturated rings. The first-order valence-electron chi connectivity index (χ1n) is 7.24. The topological polar surface area (TPSA) is 38.9 Å². The summed E-state index contributed by atoms with van der Waals surface area (Å²) < 4.78 is 0. The number of benzene rings is 2. The van der Waals surface area contributed by atoms with Crippen LogP contribution >= 0.6 is 0 Å². The summed E-state index contributed by atoms with van der Waals surface area (Å²) in [5.74, 6) is 0. The van der Waals surface area contributed by atoms with Crippen molar-refractivity contribution in [2.45, 2.75) is 26.8 Å². The van der Waals surface area contributed by atoms with Crippen LogP contribution in [0.1, 0.15) is 34.0 Å². The zero-order chi connectivity index (χ0) is 15.0. The lowest BCUT2D eigenvalue weighted by atomic mass is 9.98. The Hall–Kier alpha value is -2.19. The highest BCUT2D eigenvalue weighted by atomic mass is 14.8. The van der Waals surface area contributed by atoms with E-state index in [9.17, 15) is 0 Å². The van der Waals surface area contributed by atoms with Crippen LogP contribution in [0.2, 0.25) is 0 Å². The van der Waals surface area contributed by atoms with E-state index in [1.165, 1.54) is 22.1 Å². The van der Waals surface area contributed by atoms with E-state index in [2.05, 4.69) is 51.1 Å². The molecule has 1 atom stereocenters. The van der Waals surface area contributed by atoms with Gasteiger partial charge < -0.3 is 5.73 Å². The SMILES string of the molecule is Cc1cc(C)cc(C(N)c2cc(C)c3ccccc3n2)c1. The van der Waals surface area contributed by atoms with E-state index >= 15 is 0 Å². The second-order valence-corrected chi connectivity index (χ2v) is 5.78. The summed E-state index contributed by atoms with van der Waals surface area (Å²) in [6.45, 7) is 6.31. The number of nitrogens with zero attached hydrogens (tertiary/aromatic N) is 1. The van der Waals surface area contributed by atoms with E-state index in [1.807, 2.05) is 18.2 Å². The fraction of sp³-hybridized carbons (Fsp3) is 0.211. The Morgan fingerprint density at radius 2 is 1.57 bits per heavy atom. The van der Waals surface area contributed by atoms with Crippen LogP contribution in [0.5, 0.6) is 0 Å². The number of aryl methyl sites for hydroxylation is 3. The van der Waals surface area contributed by atoms with Crippen LogP contribution in [0, 0.1) is 20.8 Å². The first-order valence-corrected chi connectivity index (χ1v) is 7.24. The molecule has 1 heterocycles. The quantitative estimate of drug-likeness (QED) is 0.761. The molecule has 1 unspecified atom stereocenters. The Morgan fingerprint density at radius 1 is 0.905 bits per heavy atom.